The van der Waals surface area contributed by atoms with Crippen LogP contribution in [0.1, 0.15) is 16.1 Å². The minimum atomic E-state index is -0.321. The van der Waals surface area contributed by atoms with Crippen molar-refractivity contribution in [3.8, 4) is 0 Å². The van der Waals surface area contributed by atoms with Gasteiger partial charge in [-0.1, -0.05) is 35.3 Å². The molecule has 6 nitrogen and oxygen atoms in total. The quantitative estimate of drug-likeness (QED) is 0.709. The number of carbonyl (C=O) groups is 1. The SMILES string of the molecule is O=C(NCc1cccnc1)c1cnc(Nc2c(Cl)cccc2Cl)cn1. The minimum absolute atomic E-state index is 0.208. The largest absolute Gasteiger partial charge is 0.347 e. The standard InChI is InChI=1S/C17H13Cl2N5O/c18-12-4-1-5-13(19)16(12)24-15-10-21-14(9-22-15)17(25)23-8-11-3-2-6-20-7-11/h1-7,9-10H,8H2,(H,22,24)(H,23,25). The molecule has 0 radical (unpaired) electrons. The Morgan fingerprint density at radius 3 is 2.44 bits per heavy atom. The van der Waals surface area contributed by atoms with E-state index in [2.05, 4.69) is 25.6 Å². The van der Waals surface area contributed by atoms with E-state index in [1.165, 1.54) is 12.4 Å². The Morgan fingerprint density at radius 2 is 1.80 bits per heavy atom. The molecule has 0 atom stereocenters. The highest BCUT2D eigenvalue weighted by molar-refractivity contribution is 6.39. The maximum absolute atomic E-state index is 12.1. The van der Waals surface area contributed by atoms with Crippen molar-refractivity contribution in [3.05, 3.63) is 76.4 Å². The van der Waals surface area contributed by atoms with Gasteiger partial charge >= 0.3 is 0 Å². The number of rotatable bonds is 5. The molecule has 3 rings (SSSR count). The topological polar surface area (TPSA) is 79.8 Å². The summed E-state index contributed by atoms with van der Waals surface area (Å²) in [5, 5.41) is 6.68. The number of benzene rings is 1. The van der Waals surface area contributed by atoms with E-state index in [1.807, 2.05) is 12.1 Å². The van der Waals surface area contributed by atoms with Gasteiger partial charge in [0.2, 0.25) is 0 Å². The lowest BCUT2D eigenvalue weighted by Crippen LogP contribution is -2.24. The van der Waals surface area contributed by atoms with Gasteiger partial charge in [0.1, 0.15) is 11.5 Å². The van der Waals surface area contributed by atoms with Gasteiger partial charge in [-0.05, 0) is 23.8 Å². The first-order chi connectivity index (χ1) is 12.1. The molecule has 0 bridgehead atoms. The number of para-hydroxylation sites is 1. The van der Waals surface area contributed by atoms with Gasteiger partial charge in [0.05, 0.1) is 28.1 Å². The van der Waals surface area contributed by atoms with Crippen LogP contribution < -0.4 is 10.6 Å². The van der Waals surface area contributed by atoms with Crippen molar-refractivity contribution in [2.75, 3.05) is 5.32 Å². The molecule has 3 aromatic rings. The summed E-state index contributed by atoms with van der Waals surface area (Å²) in [7, 11) is 0. The Kier molecular flexibility index (Phi) is 5.42. The zero-order valence-corrected chi connectivity index (χ0v) is 14.4. The maximum Gasteiger partial charge on any atom is 0.271 e. The fraction of sp³-hybridized carbons (Fsp3) is 0.0588. The Balaban J connectivity index is 1.64. The van der Waals surface area contributed by atoms with Crippen LogP contribution >= 0.6 is 23.2 Å². The van der Waals surface area contributed by atoms with Gasteiger partial charge in [0, 0.05) is 18.9 Å². The van der Waals surface area contributed by atoms with Gasteiger partial charge in [0.15, 0.2) is 0 Å². The lowest BCUT2D eigenvalue weighted by Gasteiger charge is -2.09. The van der Waals surface area contributed by atoms with Crippen molar-refractivity contribution < 1.29 is 4.79 Å². The van der Waals surface area contributed by atoms with Crippen LogP contribution in [-0.4, -0.2) is 20.9 Å². The molecule has 2 aromatic heterocycles. The summed E-state index contributed by atoms with van der Waals surface area (Å²) >= 11 is 12.2. The number of carbonyl (C=O) groups excluding carboxylic acids is 1. The third kappa shape index (κ3) is 4.43. The molecule has 0 aliphatic carbocycles. The first kappa shape index (κ1) is 17.1. The second-order valence-corrected chi connectivity index (χ2v) is 5.87. The molecule has 0 saturated heterocycles. The van der Waals surface area contributed by atoms with E-state index in [0.717, 1.165) is 5.56 Å². The van der Waals surface area contributed by atoms with Gasteiger partial charge in [-0.15, -0.1) is 0 Å². The fourth-order valence-corrected chi connectivity index (χ4v) is 2.52. The second kappa shape index (κ2) is 7.92. The van der Waals surface area contributed by atoms with Crippen molar-refractivity contribution in [2.45, 2.75) is 6.54 Å². The van der Waals surface area contributed by atoms with Gasteiger partial charge in [0.25, 0.3) is 5.91 Å². The third-order valence-corrected chi connectivity index (χ3v) is 3.91. The van der Waals surface area contributed by atoms with Crippen LogP contribution in [0.2, 0.25) is 10.0 Å². The van der Waals surface area contributed by atoms with Gasteiger partial charge in [-0.25, -0.2) is 9.97 Å². The molecule has 1 amide bonds. The normalized spacial score (nSPS) is 10.3. The molecule has 25 heavy (non-hydrogen) atoms. The van der Waals surface area contributed by atoms with Crippen LogP contribution in [0.25, 0.3) is 0 Å². The summed E-state index contributed by atoms with van der Waals surface area (Å²) in [6.07, 6.45) is 6.18. The molecule has 0 saturated carbocycles. The van der Waals surface area contributed by atoms with Crippen LogP contribution in [0.5, 0.6) is 0 Å². The number of nitrogens with one attached hydrogen (secondary N) is 2. The number of aromatic nitrogens is 3. The van der Waals surface area contributed by atoms with Gasteiger partial charge < -0.3 is 10.6 Å². The van der Waals surface area contributed by atoms with Crippen molar-refractivity contribution >= 4 is 40.6 Å². The average molecular weight is 374 g/mol. The van der Waals surface area contributed by atoms with Crippen molar-refractivity contribution in [1.29, 1.82) is 0 Å². The number of amides is 1. The van der Waals surface area contributed by atoms with Gasteiger partial charge in [-0.3, -0.25) is 9.78 Å². The second-order valence-electron chi connectivity index (χ2n) is 5.05. The highest BCUT2D eigenvalue weighted by atomic mass is 35.5. The Bertz CT molecular complexity index is 852. The van der Waals surface area contributed by atoms with Gasteiger partial charge in [-0.2, -0.15) is 0 Å². The Labute approximate surface area is 154 Å². The lowest BCUT2D eigenvalue weighted by atomic mass is 10.3. The molecule has 0 aliphatic heterocycles. The summed E-state index contributed by atoms with van der Waals surface area (Å²) in [6, 6.07) is 8.85. The summed E-state index contributed by atoms with van der Waals surface area (Å²) in [4.78, 5) is 24.4. The van der Waals surface area contributed by atoms with Crippen molar-refractivity contribution in [1.82, 2.24) is 20.3 Å². The summed E-state index contributed by atoms with van der Waals surface area (Å²) in [6.45, 7) is 0.365. The molecule has 2 heterocycles. The van der Waals surface area contributed by atoms with Crippen LogP contribution in [0.4, 0.5) is 11.5 Å². The highest BCUT2D eigenvalue weighted by Crippen LogP contribution is 2.31. The minimum Gasteiger partial charge on any atom is -0.347 e. The molecule has 126 valence electrons. The predicted octanol–water partition coefficient (Wildman–Crippen LogP) is 3.85. The molecule has 8 heteroatoms. The maximum atomic E-state index is 12.1. The molecular weight excluding hydrogens is 361 g/mol. The van der Waals surface area contributed by atoms with E-state index >= 15 is 0 Å². The van der Waals surface area contributed by atoms with E-state index < -0.39 is 0 Å². The van der Waals surface area contributed by atoms with E-state index in [0.29, 0.717) is 28.1 Å². The monoisotopic (exact) mass is 373 g/mol. The van der Waals surface area contributed by atoms with Crippen LogP contribution in [-0.2, 0) is 6.54 Å². The predicted molar refractivity (Wildman–Crippen MR) is 97.2 cm³/mol. The molecule has 0 fully saturated rings. The zero-order chi connectivity index (χ0) is 17.6. The van der Waals surface area contributed by atoms with Crippen molar-refractivity contribution in [2.24, 2.45) is 0 Å². The van der Waals surface area contributed by atoms with Crippen LogP contribution in [0.15, 0.2) is 55.1 Å². The summed E-state index contributed by atoms with van der Waals surface area (Å²) < 4.78 is 0. The molecule has 2 N–H and O–H groups in total. The Hall–Kier alpha value is -2.70. The van der Waals surface area contributed by atoms with Crippen LogP contribution in [0, 0.1) is 0 Å². The number of hydrogen-bond acceptors (Lipinski definition) is 5. The molecule has 0 aliphatic rings. The van der Waals surface area contributed by atoms with E-state index in [4.69, 9.17) is 23.2 Å². The highest BCUT2D eigenvalue weighted by Gasteiger charge is 2.10. The number of anilines is 2. The fourth-order valence-electron chi connectivity index (χ4n) is 2.03. The molecule has 1 aromatic carbocycles. The number of pyridine rings is 1. The number of halogens is 2. The average Bonchev–Trinajstić information content (AvgIpc) is 2.64. The van der Waals surface area contributed by atoms with Crippen molar-refractivity contribution in [3.63, 3.8) is 0 Å². The van der Waals surface area contributed by atoms with E-state index in [1.54, 1.807) is 30.6 Å². The molecular formula is C17H13Cl2N5O. The van der Waals surface area contributed by atoms with E-state index in [-0.39, 0.29) is 11.6 Å². The Morgan fingerprint density at radius 1 is 1.00 bits per heavy atom. The molecule has 0 unspecified atom stereocenters. The first-order valence-electron chi connectivity index (χ1n) is 7.33. The zero-order valence-electron chi connectivity index (χ0n) is 12.9. The third-order valence-electron chi connectivity index (χ3n) is 3.28. The smallest absolute Gasteiger partial charge is 0.271 e. The first-order valence-corrected chi connectivity index (χ1v) is 8.09. The summed E-state index contributed by atoms with van der Waals surface area (Å²) in [5.41, 5.74) is 1.64. The molecule has 0 spiro atoms. The number of hydrogen-bond donors (Lipinski definition) is 2. The lowest BCUT2D eigenvalue weighted by molar-refractivity contribution is 0.0945. The van der Waals surface area contributed by atoms with Crippen LogP contribution in [0.3, 0.4) is 0 Å². The summed E-state index contributed by atoms with van der Waals surface area (Å²) in [5.74, 6) is 0.109. The van der Waals surface area contributed by atoms with E-state index in [9.17, 15) is 4.79 Å². The number of nitrogens with zero attached hydrogens (tertiary/aromatic N) is 3.